The molecule has 1 aromatic carbocycles. The van der Waals surface area contributed by atoms with Crippen molar-refractivity contribution >= 4 is 21.7 Å². The average molecular weight is 423 g/mol. The van der Waals surface area contributed by atoms with Gasteiger partial charge in [0, 0.05) is 12.6 Å². The number of hydrogen-bond acceptors (Lipinski definition) is 5. The van der Waals surface area contributed by atoms with Crippen LogP contribution in [0.1, 0.15) is 37.7 Å². The monoisotopic (exact) mass is 422 g/mol. The number of sulfonamides is 1. The van der Waals surface area contributed by atoms with Gasteiger partial charge in [0.1, 0.15) is 0 Å². The van der Waals surface area contributed by atoms with E-state index >= 15 is 0 Å². The number of nitrogens with one attached hydrogen (secondary N) is 1. The third-order valence-electron chi connectivity index (χ3n) is 5.56. The molecule has 3 unspecified atom stereocenters. The van der Waals surface area contributed by atoms with Gasteiger partial charge in [0.25, 0.3) is 0 Å². The molecule has 29 heavy (non-hydrogen) atoms. The predicted molar refractivity (Wildman–Crippen MR) is 112 cm³/mol. The first kappa shape index (κ1) is 21.8. The summed E-state index contributed by atoms with van der Waals surface area (Å²) in [4.78, 5) is 13.8. The molecule has 1 aromatic rings. The number of carbonyl (C=O) groups is 1. The Morgan fingerprint density at radius 1 is 1.24 bits per heavy atom. The molecule has 0 radical (unpaired) electrons. The van der Waals surface area contributed by atoms with Gasteiger partial charge in [-0.3, -0.25) is 0 Å². The van der Waals surface area contributed by atoms with E-state index in [1.165, 1.54) is 18.2 Å². The maximum atomic E-state index is 12.2. The largest absolute Gasteiger partial charge is 0.453 e. The molecule has 1 N–H and O–H groups in total. The van der Waals surface area contributed by atoms with E-state index in [2.05, 4.69) is 22.9 Å². The zero-order valence-corrected chi connectivity index (χ0v) is 17.9. The smallest absolute Gasteiger partial charge is 0.409 e. The highest BCUT2D eigenvalue weighted by Crippen LogP contribution is 2.29. The second-order valence-electron chi connectivity index (χ2n) is 7.69. The third kappa shape index (κ3) is 6.04. The maximum absolute atomic E-state index is 12.2. The van der Waals surface area contributed by atoms with E-state index in [-0.39, 0.29) is 24.8 Å². The fourth-order valence-corrected chi connectivity index (χ4v) is 4.95. The SMILES string of the molecule is COC(=O)N1CCCC(NS(C)(=O)=O)C1COC1CC=C(c2ccccc2)CC1. The minimum atomic E-state index is -3.39. The van der Waals surface area contributed by atoms with Crippen molar-refractivity contribution in [1.29, 1.82) is 0 Å². The summed E-state index contributed by atoms with van der Waals surface area (Å²) in [6.45, 7) is 0.812. The van der Waals surface area contributed by atoms with Crippen LogP contribution in [0.3, 0.4) is 0 Å². The summed E-state index contributed by atoms with van der Waals surface area (Å²) >= 11 is 0. The van der Waals surface area contributed by atoms with Gasteiger partial charge in [-0.15, -0.1) is 0 Å². The first-order valence-corrected chi connectivity index (χ1v) is 11.9. The van der Waals surface area contributed by atoms with Crippen LogP contribution in [0.4, 0.5) is 4.79 Å². The summed E-state index contributed by atoms with van der Waals surface area (Å²) in [5.74, 6) is 0. The number of piperidine rings is 1. The molecule has 1 aliphatic carbocycles. The van der Waals surface area contributed by atoms with Crippen LogP contribution in [-0.2, 0) is 19.5 Å². The van der Waals surface area contributed by atoms with Crippen LogP contribution in [0.5, 0.6) is 0 Å². The van der Waals surface area contributed by atoms with E-state index in [4.69, 9.17) is 9.47 Å². The Morgan fingerprint density at radius 3 is 2.62 bits per heavy atom. The highest BCUT2D eigenvalue weighted by Gasteiger charge is 2.37. The number of methoxy groups -OCH3 is 1. The second-order valence-corrected chi connectivity index (χ2v) is 9.47. The number of likely N-dealkylation sites (tertiary alicyclic amines) is 1. The fourth-order valence-electron chi connectivity index (χ4n) is 4.13. The molecule has 7 nitrogen and oxygen atoms in total. The standard InChI is InChI=1S/C21H30N2O5S/c1-27-21(24)23-14-6-9-19(22-29(2,25)26)20(23)15-28-18-12-10-17(11-13-18)16-7-4-3-5-8-16/h3-5,7-8,10,18-20,22H,6,9,11-15H2,1-2H3. The Morgan fingerprint density at radius 2 is 2.00 bits per heavy atom. The molecule has 1 fully saturated rings. The molecule has 0 saturated carbocycles. The molecule has 160 valence electrons. The molecule has 0 bridgehead atoms. The molecule has 3 atom stereocenters. The quantitative estimate of drug-likeness (QED) is 0.762. The van der Waals surface area contributed by atoms with Gasteiger partial charge in [0.2, 0.25) is 10.0 Å². The van der Waals surface area contributed by atoms with E-state index in [1.54, 1.807) is 4.90 Å². The highest BCUT2D eigenvalue weighted by molar-refractivity contribution is 7.88. The zero-order chi connectivity index (χ0) is 20.9. The lowest BCUT2D eigenvalue weighted by Crippen LogP contribution is -2.59. The number of hydrogen-bond donors (Lipinski definition) is 1. The minimum Gasteiger partial charge on any atom is -0.453 e. The van der Waals surface area contributed by atoms with Gasteiger partial charge in [-0.1, -0.05) is 36.4 Å². The molecule has 2 aliphatic rings. The van der Waals surface area contributed by atoms with Crippen LogP contribution in [0, 0.1) is 0 Å². The number of benzene rings is 1. The van der Waals surface area contributed by atoms with Gasteiger partial charge >= 0.3 is 6.09 Å². The summed E-state index contributed by atoms with van der Waals surface area (Å²) in [6, 6.07) is 9.56. The van der Waals surface area contributed by atoms with Gasteiger partial charge in [0.15, 0.2) is 0 Å². The molecule has 8 heteroatoms. The number of rotatable bonds is 6. The molecular formula is C21H30N2O5S. The fraction of sp³-hybridized carbons (Fsp3) is 0.571. The lowest BCUT2D eigenvalue weighted by Gasteiger charge is -2.40. The van der Waals surface area contributed by atoms with Gasteiger partial charge in [0.05, 0.1) is 32.1 Å². The van der Waals surface area contributed by atoms with Crippen molar-refractivity contribution in [3.63, 3.8) is 0 Å². The van der Waals surface area contributed by atoms with Crippen molar-refractivity contribution < 1.29 is 22.7 Å². The predicted octanol–water partition coefficient (Wildman–Crippen LogP) is 2.79. The molecule has 3 rings (SSSR count). The van der Waals surface area contributed by atoms with E-state index < -0.39 is 16.1 Å². The molecule has 0 aromatic heterocycles. The van der Waals surface area contributed by atoms with E-state index in [0.717, 1.165) is 25.5 Å². The number of ether oxygens (including phenoxy) is 2. The Bertz CT molecular complexity index is 825. The van der Waals surface area contributed by atoms with Gasteiger partial charge in [-0.2, -0.15) is 0 Å². The minimum absolute atomic E-state index is 0.0581. The van der Waals surface area contributed by atoms with E-state index in [1.807, 2.05) is 18.2 Å². The van der Waals surface area contributed by atoms with Crippen molar-refractivity contribution in [1.82, 2.24) is 9.62 Å². The Hall–Kier alpha value is -1.90. The van der Waals surface area contributed by atoms with E-state index in [9.17, 15) is 13.2 Å². The topological polar surface area (TPSA) is 84.9 Å². The second kappa shape index (κ2) is 9.73. The van der Waals surface area contributed by atoms with Crippen LogP contribution in [0.2, 0.25) is 0 Å². The first-order valence-electron chi connectivity index (χ1n) is 10.1. The van der Waals surface area contributed by atoms with Gasteiger partial charge in [-0.05, 0) is 43.2 Å². The van der Waals surface area contributed by atoms with Gasteiger partial charge in [-0.25, -0.2) is 17.9 Å². The summed E-state index contributed by atoms with van der Waals surface area (Å²) < 4.78 is 37.3. The third-order valence-corrected chi connectivity index (χ3v) is 6.29. The van der Waals surface area contributed by atoms with Gasteiger partial charge < -0.3 is 14.4 Å². The average Bonchev–Trinajstić information content (AvgIpc) is 2.72. The molecular weight excluding hydrogens is 392 g/mol. The number of amides is 1. The summed E-state index contributed by atoms with van der Waals surface area (Å²) in [5.41, 5.74) is 2.57. The van der Waals surface area contributed by atoms with Crippen LogP contribution >= 0.6 is 0 Å². The van der Waals surface area contributed by atoms with Crippen molar-refractivity contribution in [3.8, 4) is 0 Å². The van der Waals surface area contributed by atoms with Crippen LogP contribution in [-0.4, -0.2) is 64.1 Å². The van der Waals surface area contributed by atoms with Crippen molar-refractivity contribution in [2.75, 3.05) is 26.5 Å². The van der Waals surface area contributed by atoms with Crippen molar-refractivity contribution in [3.05, 3.63) is 42.0 Å². The van der Waals surface area contributed by atoms with Crippen molar-refractivity contribution in [2.45, 2.75) is 50.3 Å². The summed E-state index contributed by atoms with van der Waals surface area (Å²) in [7, 11) is -2.05. The molecule has 1 amide bonds. The van der Waals surface area contributed by atoms with Crippen molar-refractivity contribution in [2.24, 2.45) is 0 Å². The molecule has 1 aliphatic heterocycles. The van der Waals surface area contributed by atoms with Crippen LogP contribution < -0.4 is 4.72 Å². The Balaban J connectivity index is 1.63. The number of allylic oxidation sites excluding steroid dienone is 1. The summed E-state index contributed by atoms with van der Waals surface area (Å²) in [6.07, 6.45) is 6.98. The normalized spacial score (nSPS) is 25.4. The zero-order valence-electron chi connectivity index (χ0n) is 17.0. The lowest BCUT2D eigenvalue weighted by molar-refractivity contribution is -0.0124. The Labute approximate surface area is 173 Å². The first-order chi connectivity index (χ1) is 13.9. The number of carbonyl (C=O) groups excluding carboxylic acids is 1. The Kier molecular flexibility index (Phi) is 7.32. The molecule has 1 saturated heterocycles. The van der Waals surface area contributed by atoms with E-state index in [0.29, 0.717) is 19.4 Å². The lowest BCUT2D eigenvalue weighted by atomic mass is 9.92. The van der Waals surface area contributed by atoms with Crippen LogP contribution in [0.15, 0.2) is 36.4 Å². The number of nitrogens with zero attached hydrogens (tertiary/aromatic N) is 1. The highest BCUT2D eigenvalue weighted by atomic mass is 32.2. The maximum Gasteiger partial charge on any atom is 0.409 e. The molecule has 0 spiro atoms. The van der Waals surface area contributed by atoms with Crippen LogP contribution in [0.25, 0.3) is 5.57 Å². The molecule has 1 heterocycles. The summed E-state index contributed by atoms with van der Waals surface area (Å²) in [5, 5.41) is 0.